The maximum atomic E-state index is 12.4. The lowest BCUT2D eigenvalue weighted by Crippen LogP contribution is -2.51. The molecule has 1 saturated heterocycles. The third kappa shape index (κ3) is 3.19. The Labute approximate surface area is 120 Å². The van der Waals surface area contributed by atoms with Crippen LogP contribution in [0.4, 0.5) is 0 Å². The fourth-order valence-corrected chi connectivity index (χ4v) is 2.82. The van der Waals surface area contributed by atoms with Crippen molar-refractivity contribution in [3.8, 4) is 0 Å². The van der Waals surface area contributed by atoms with Crippen molar-refractivity contribution in [1.82, 2.24) is 9.80 Å². The van der Waals surface area contributed by atoms with E-state index in [4.69, 9.17) is 5.73 Å². The molecule has 0 spiro atoms. The van der Waals surface area contributed by atoms with Crippen LogP contribution in [0.5, 0.6) is 0 Å². The topological polar surface area (TPSA) is 49.6 Å². The van der Waals surface area contributed by atoms with Crippen LogP contribution in [0.25, 0.3) is 0 Å². The van der Waals surface area contributed by atoms with Gasteiger partial charge in [0.05, 0.1) is 0 Å². The summed E-state index contributed by atoms with van der Waals surface area (Å²) < 4.78 is 0. The van der Waals surface area contributed by atoms with E-state index in [1.54, 1.807) is 0 Å². The van der Waals surface area contributed by atoms with E-state index in [0.717, 1.165) is 37.7 Å². The number of hydrogen-bond donors (Lipinski definition) is 1. The number of hydrogen-bond acceptors (Lipinski definition) is 3. The Hall–Kier alpha value is -1.39. The van der Waals surface area contributed by atoms with E-state index < -0.39 is 6.04 Å². The zero-order chi connectivity index (χ0) is 13.9. The number of rotatable bonds is 4. The largest absolute Gasteiger partial charge is 0.338 e. The molecule has 1 unspecified atom stereocenters. The maximum Gasteiger partial charge on any atom is 0.244 e. The van der Waals surface area contributed by atoms with Gasteiger partial charge in [-0.15, -0.1) is 0 Å². The van der Waals surface area contributed by atoms with E-state index in [2.05, 4.69) is 4.90 Å². The minimum Gasteiger partial charge on any atom is -0.338 e. The summed E-state index contributed by atoms with van der Waals surface area (Å²) in [5.41, 5.74) is 6.99. The smallest absolute Gasteiger partial charge is 0.244 e. The molecule has 3 rings (SSSR count). The molecule has 20 heavy (non-hydrogen) atoms. The number of amides is 1. The van der Waals surface area contributed by atoms with Gasteiger partial charge in [0.25, 0.3) is 0 Å². The van der Waals surface area contributed by atoms with E-state index in [0.29, 0.717) is 0 Å². The molecule has 1 amide bonds. The van der Waals surface area contributed by atoms with E-state index in [1.807, 2.05) is 35.2 Å². The van der Waals surface area contributed by atoms with Crippen LogP contribution in [0.15, 0.2) is 30.3 Å². The summed E-state index contributed by atoms with van der Waals surface area (Å²) >= 11 is 0. The quantitative estimate of drug-likeness (QED) is 0.898. The molecule has 1 saturated carbocycles. The molecule has 0 aromatic heterocycles. The summed E-state index contributed by atoms with van der Waals surface area (Å²) in [6, 6.07) is 9.12. The van der Waals surface area contributed by atoms with Gasteiger partial charge in [0.2, 0.25) is 5.91 Å². The third-order valence-electron chi connectivity index (χ3n) is 4.32. The van der Waals surface area contributed by atoms with Crippen molar-refractivity contribution in [2.24, 2.45) is 11.7 Å². The van der Waals surface area contributed by atoms with Gasteiger partial charge in [-0.2, -0.15) is 0 Å². The number of piperazine rings is 1. The summed E-state index contributed by atoms with van der Waals surface area (Å²) in [6.07, 6.45) is 2.77. The fraction of sp³-hybridized carbons (Fsp3) is 0.562. The summed E-state index contributed by atoms with van der Waals surface area (Å²) in [6.45, 7) is 4.82. The van der Waals surface area contributed by atoms with Crippen LogP contribution in [-0.2, 0) is 4.79 Å². The zero-order valence-corrected chi connectivity index (χ0v) is 11.9. The van der Waals surface area contributed by atoms with Gasteiger partial charge in [-0.25, -0.2) is 0 Å². The molecule has 1 aliphatic carbocycles. The average Bonchev–Trinajstić information content (AvgIpc) is 3.31. The Morgan fingerprint density at radius 2 is 1.80 bits per heavy atom. The summed E-state index contributed by atoms with van der Waals surface area (Å²) in [5.74, 6) is 0.978. The van der Waals surface area contributed by atoms with E-state index in [-0.39, 0.29) is 5.91 Å². The number of nitrogens with zero attached hydrogens (tertiary/aromatic N) is 2. The molecule has 108 valence electrons. The van der Waals surface area contributed by atoms with Gasteiger partial charge in [-0.3, -0.25) is 9.69 Å². The predicted molar refractivity (Wildman–Crippen MR) is 79.1 cm³/mol. The summed E-state index contributed by atoms with van der Waals surface area (Å²) in [4.78, 5) is 16.8. The highest BCUT2D eigenvalue weighted by atomic mass is 16.2. The monoisotopic (exact) mass is 273 g/mol. The Bertz CT molecular complexity index is 450. The molecule has 4 nitrogen and oxygen atoms in total. The molecule has 4 heteroatoms. The van der Waals surface area contributed by atoms with Crippen molar-refractivity contribution >= 4 is 5.91 Å². The zero-order valence-electron chi connectivity index (χ0n) is 11.9. The molecule has 2 N–H and O–H groups in total. The second-order valence-electron chi connectivity index (χ2n) is 5.96. The summed E-state index contributed by atoms with van der Waals surface area (Å²) in [7, 11) is 0. The van der Waals surface area contributed by atoms with E-state index >= 15 is 0 Å². The minimum absolute atomic E-state index is 0.0577. The van der Waals surface area contributed by atoms with Gasteiger partial charge in [-0.05, 0) is 24.3 Å². The molecule has 1 aromatic rings. The van der Waals surface area contributed by atoms with Crippen LogP contribution in [0, 0.1) is 5.92 Å². The van der Waals surface area contributed by atoms with Crippen LogP contribution < -0.4 is 5.73 Å². The number of carbonyl (C=O) groups is 1. The van der Waals surface area contributed by atoms with Crippen LogP contribution >= 0.6 is 0 Å². The first-order chi connectivity index (χ1) is 9.74. The molecule has 1 aromatic carbocycles. The van der Waals surface area contributed by atoms with Gasteiger partial charge in [-0.1, -0.05) is 30.3 Å². The van der Waals surface area contributed by atoms with Crippen LogP contribution in [0.2, 0.25) is 0 Å². The average molecular weight is 273 g/mol. The third-order valence-corrected chi connectivity index (χ3v) is 4.32. The fourth-order valence-electron chi connectivity index (χ4n) is 2.82. The molecule has 0 bridgehead atoms. The number of nitrogens with two attached hydrogens (primary N) is 1. The highest BCUT2D eigenvalue weighted by Gasteiger charge is 2.29. The van der Waals surface area contributed by atoms with Crippen LogP contribution in [0.3, 0.4) is 0 Å². The molecule has 1 heterocycles. The van der Waals surface area contributed by atoms with Crippen LogP contribution in [0.1, 0.15) is 24.4 Å². The first-order valence-corrected chi connectivity index (χ1v) is 7.55. The molecule has 2 aliphatic rings. The SMILES string of the molecule is NC(C(=O)N1CCN(CC2CC2)CC1)c1ccccc1. The Morgan fingerprint density at radius 1 is 1.15 bits per heavy atom. The molecule has 0 radical (unpaired) electrons. The normalized spacial score (nSPS) is 21.8. The van der Waals surface area contributed by atoms with Gasteiger partial charge >= 0.3 is 0 Å². The summed E-state index contributed by atoms with van der Waals surface area (Å²) in [5, 5.41) is 0. The second kappa shape index (κ2) is 5.94. The lowest BCUT2D eigenvalue weighted by molar-refractivity contribution is -0.134. The number of carbonyl (C=O) groups excluding carboxylic acids is 1. The van der Waals surface area contributed by atoms with Crippen molar-refractivity contribution in [2.75, 3.05) is 32.7 Å². The first-order valence-electron chi connectivity index (χ1n) is 7.55. The molecule has 2 fully saturated rings. The maximum absolute atomic E-state index is 12.4. The molecule has 1 atom stereocenters. The van der Waals surface area contributed by atoms with Gasteiger partial charge < -0.3 is 10.6 Å². The van der Waals surface area contributed by atoms with Crippen LogP contribution in [-0.4, -0.2) is 48.4 Å². The minimum atomic E-state index is -0.522. The van der Waals surface area contributed by atoms with Gasteiger partial charge in [0.1, 0.15) is 6.04 Å². The highest BCUT2D eigenvalue weighted by molar-refractivity contribution is 5.83. The predicted octanol–water partition coefficient (Wildman–Crippen LogP) is 1.24. The second-order valence-corrected chi connectivity index (χ2v) is 5.96. The highest BCUT2D eigenvalue weighted by Crippen LogP contribution is 2.30. The van der Waals surface area contributed by atoms with Crippen molar-refractivity contribution in [3.05, 3.63) is 35.9 Å². The molecular formula is C16H23N3O. The Balaban J connectivity index is 1.53. The lowest BCUT2D eigenvalue weighted by Gasteiger charge is -2.36. The van der Waals surface area contributed by atoms with Crippen molar-refractivity contribution in [3.63, 3.8) is 0 Å². The van der Waals surface area contributed by atoms with Gasteiger partial charge in [0, 0.05) is 32.7 Å². The van der Waals surface area contributed by atoms with Crippen molar-refractivity contribution in [2.45, 2.75) is 18.9 Å². The molecule has 1 aliphatic heterocycles. The van der Waals surface area contributed by atoms with E-state index in [9.17, 15) is 4.79 Å². The number of benzene rings is 1. The first kappa shape index (κ1) is 13.6. The Kier molecular flexibility index (Phi) is 4.03. The Morgan fingerprint density at radius 3 is 2.40 bits per heavy atom. The molecular weight excluding hydrogens is 250 g/mol. The van der Waals surface area contributed by atoms with Gasteiger partial charge in [0.15, 0.2) is 0 Å². The van der Waals surface area contributed by atoms with E-state index in [1.165, 1.54) is 19.4 Å². The van der Waals surface area contributed by atoms with Crippen molar-refractivity contribution in [1.29, 1.82) is 0 Å². The van der Waals surface area contributed by atoms with Crippen molar-refractivity contribution < 1.29 is 4.79 Å². The standard InChI is InChI=1S/C16H23N3O/c17-15(14-4-2-1-3-5-14)16(20)19-10-8-18(9-11-19)12-13-6-7-13/h1-5,13,15H,6-12,17H2. The lowest BCUT2D eigenvalue weighted by atomic mass is 10.1.